The molecule has 1 aliphatic carbocycles. The zero-order chi connectivity index (χ0) is 13.5. The Balaban J connectivity index is 0.000000163. The Labute approximate surface area is 113 Å². The molecule has 0 spiro atoms. The minimum absolute atomic E-state index is 0.536. The highest BCUT2D eigenvalue weighted by atomic mass is 16.1. The van der Waals surface area contributed by atoms with E-state index >= 15 is 0 Å². The number of fused-ring (bicyclic) bond motifs is 1. The monoisotopic (exact) mass is 256 g/mol. The number of aldehydes is 1. The molecule has 100 valence electrons. The minimum atomic E-state index is 0.536. The molecule has 0 bridgehead atoms. The van der Waals surface area contributed by atoms with Crippen molar-refractivity contribution in [1.82, 2.24) is 4.98 Å². The standard InChI is InChI=1S/C10H7NO.C6H13N/c12-7-8-5-9-3-1-2-4-10(9)11-6-8;7-6-4-2-1-3-5-6/h1-7H;6H,1-5,7H2. The van der Waals surface area contributed by atoms with Gasteiger partial charge in [0.15, 0.2) is 6.29 Å². The lowest BCUT2D eigenvalue weighted by atomic mass is 9.97. The molecule has 0 atom stereocenters. The van der Waals surface area contributed by atoms with Gasteiger partial charge in [-0.15, -0.1) is 0 Å². The zero-order valence-electron chi connectivity index (χ0n) is 11.1. The molecule has 2 aromatic rings. The maximum atomic E-state index is 10.4. The summed E-state index contributed by atoms with van der Waals surface area (Å²) >= 11 is 0. The van der Waals surface area contributed by atoms with E-state index in [0.717, 1.165) is 17.2 Å². The predicted molar refractivity (Wildman–Crippen MR) is 78.2 cm³/mol. The minimum Gasteiger partial charge on any atom is -0.328 e. The quantitative estimate of drug-likeness (QED) is 0.796. The molecule has 1 aromatic carbocycles. The number of hydrogen-bond donors (Lipinski definition) is 1. The Morgan fingerprint density at radius 3 is 2.53 bits per heavy atom. The lowest BCUT2D eigenvalue weighted by Gasteiger charge is -2.15. The molecule has 19 heavy (non-hydrogen) atoms. The van der Waals surface area contributed by atoms with Gasteiger partial charge in [0.2, 0.25) is 0 Å². The van der Waals surface area contributed by atoms with Crippen LogP contribution in [0.3, 0.4) is 0 Å². The van der Waals surface area contributed by atoms with Crippen LogP contribution in [-0.4, -0.2) is 17.3 Å². The van der Waals surface area contributed by atoms with E-state index in [1.165, 1.54) is 32.1 Å². The van der Waals surface area contributed by atoms with Crippen molar-refractivity contribution in [3.63, 3.8) is 0 Å². The fourth-order valence-corrected chi connectivity index (χ4v) is 2.29. The number of rotatable bonds is 1. The molecule has 3 nitrogen and oxygen atoms in total. The topological polar surface area (TPSA) is 56.0 Å². The van der Waals surface area contributed by atoms with E-state index in [2.05, 4.69) is 4.98 Å². The van der Waals surface area contributed by atoms with Crippen LogP contribution in [0.1, 0.15) is 42.5 Å². The van der Waals surface area contributed by atoms with E-state index < -0.39 is 0 Å². The van der Waals surface area contributed by atoms with E-state index in [0.29, 0.717) is 11.6 Å². The summed E-state index contributed by atoms with van der Waals surface area (Å²) < 4.78 is 0. The molecule has 1 fully saturated rings. The molecule has 0 saturated heterocycles. The number of carbonyl (C=O) groups excluding carboxylic acids is 1. The summed E-state index contributed by atoms with van der Waals surface area (Å²) in [6, 6.07) is 10.1. The molecular formula is C16H20N2O. The second-order valence-electron chi connectivity index (χ2n) is 4.98. The van der Waals surface area contributed by atoms with Gasteiger partial charge in [0.25, 0.3) is 0 Å². The molecule has 0 amide bonds. The average Bonchev–Trinajstić information content (AvgIpc) is 2.48. The van der Waals surface area contributed by atoms with Crippen LogP contribution in [0.5, 0.6) is 0 Å². The number of benzene rings is 1. The van der Waals surface area contributed by atoms with Crippen LogP contribution in [0.2, 0.25) is 0 Å². The van der Waals surface area contributed by atoms with Gasteiger partial charge in [-0.2, -0.15) is 0 Å². The average molecular weight is 256 g/mol. The van der Waals surface area contributed by atoms with E-state index in [4.69, 9.17) is 5.73 Å². The van der Waals surface area contributed by atoms with Gasteiger partial charge in [0.1, 0.15) is 0 Å². The first-order chi connectivity index (χ1) is 9.29. The van der Waals surface area contributed by atoms with Crippen LogP contribution in [0.4, 0.5) is 0 Å². The lowest BCUT2D eigenvalue weighted by Crippen LogP contribution is -2.22. The normalized spacial score (nSPS) is 15.6. The summed E-state index contributed by atoms with van der Waals surface area (Å²) in [5, 5.41) is 1.00. The first-order valence-corrected chi connectivity index (χ1v) is 6.85. The van der Waals surface area contributed by atoms with Crippen LogP contribution in [0.15, 0.2) is 36.5 Å². The van der Waals surface area contributed by atoms with E-state index in [1.807, 2.05) is 30.3 Å². The molecule has 2 N–H and O–H groups in total. The van der Waals surface area contributed by atoms with Gasteiger partial charge in [-0.1, -0.05) is 37.5 Å². The molecule has 0 unspecified atom stereocenters. The molecular weight excluding hydrogens is 236 g/mol. The third-order valence-corrected chi connectivity index (χ3v) is 3.40. The maximum absolute atomic E-state index is 10.4. The number of pyridine rings is 1. The summed E-state index contributed by atoms with van der Waals surface area (Å²) in [5.74, 6) is 0. The Bertz CT molecular complexity index is 533. The number of nitrogens with zero attached hydrogens (tertiary/aromatic N) is 1. The van der Waals surface area contributed by atoms with Gasteiger partial charge in [-0.25, -0.2) is 0 Å². The second kappa shape index (κ2) is 7.00. The van der Waals surface area contributed by atoms with E-state index in [9.17, 15) is 4.79 Å². The Kier molecular flexibility index (Phi) is 5.04. The largest absolute Gasteiger partial charge is 0.328 e. The van der Waals surface area contributed by atoms with Crippen molar-refractivity contribution in [1.29, 1.82) is 0 Å². The van der Waals surface area contributed by atoms with Gasteiger partial charge >= 0.3 is 0 Å². The third-order valence-electron chi connectivity index (χ3n) is 3.40. The van der Waals surface area contributed by atoms with Crippen LogP contribution in [0.25, 0.3) is 10.9 Å². The Morgan fingerprint density at radius 1 is 1.16 bits per heavy atom. The summed E-state index contributed by atoms with van der Waals surface area (Å²) in [6.45, 7) is 0. The van der Waals surface area contributed by atoms with Crippen LogP contribution < -0.4 is 5.73 Å². The fraction of sp³-hybridized carbons (Fsp3) is 0.375. The Hall–Kier alpha value is -1.74. The summed E-state index contributed by atoms with van der Waals surface area (Å²) in [6.07, 6.45) is 9.05. The smallest absolute Gasteiger partial charge is 0.151 e. The Morgan fingerprint density at radius 2 is 1.89 bits per heavy atom. The SMILES string of the molecule is NC1CCCCC1.O=Cc1cnc2ccccc2c1. The van der Waals surface area contributed by atoms with Gasteiger partial charge in [-0.05, 0) is 25.0 Å². The molecule has 1 aromatic heterocycles. The van der Waals surface area contributed by atoms with Crippen molar-refractivity contribution < 1.29 is 4.79 Å². The van der Waals surface area contributed by atoms with E-state index in [-0.39, 0.29) is 0 Å². The van der Waals surface area contributed by atoms with Crippen molar-refractivity contribution >= 4 is 17.2 Å². The number of nitrogens with two attached hydrogens (primary N) is 1. The zero-order valence-corrected chi connectivity index (χ0v) is 11.1. The fourth-order valence-electron chi connectivity index (χ4n) is 2.29. The summed E-state index contributed by atoms with van der Waals surface area (Å²) in [7, 11) is 0. The first-order valence-electron chi connectivity index (χ1n) is 6.85. The van der Waals surface area contributed by atoms with Crippen LogP contribution in [-0.2, 0) is 0 Å². The van der Waals surface area contributed by atoms with Crippen LogP contribution >= 0.6 is 0 Å². The maximum Gasteiger partial charge on any atom is 0.151 e. The lowest BCUT2D eigenvalue weighted by molar-refractivity contribution is 0.112. The van der Waals surface area contributed by atoms with Gasteiger partial charge in [0, 0.05) is 23.2 Å². The van der Waals surface area contributed by atoms with Crippen molar-refractivity contribution in [2.24, 2.45) is 5.73 Å². The molecule has 0 radical (unpaired) electrons. The summed E-state index contributed by atoms with van der Waals surface area (Å²) in [5.41, 5.74) is 7.17. The number of carbonyl (C=O) groups is 1. The van der Waals surface area contributed by atoms with Gasteiger partial charge in [-0.3, -0.25) is 9.78 Å². The van der Waals surface area contributed by atoms with E-state index in [1.54, 1.807) is 6.20 Å². The highest BCUT2D eigenvalue weighted by Gasteiger charge is 2.06. The second-order valence-corrected chi connectivity index (χ2v) is 4.98. The molecule has 1 heterocycles. The van der Waals surface area contributed by atoms with Gasteiger partial charge < -0.3 is 5.73 Å². The van der Waals surface area contributed by atoms with Crippen molar-refractivity contribution in [3.05, 3.63) is 42.1 Å². The molecule has 3 heteroatoms. The van der Waals surface area contributed by atoms with Gasteiger partial charge in [0.05, 0.1) is 5.52 Å². The molecule has 1 saturated carbocycles. The number of hydrogen-bond acceptors (Lipinski definition) is 3. The number of aromatic nitrogens is 1. The molecule has 0 aliphatic heterocycles. The van der Waals surface area contributed by atoms with Crippen molar-refractivity contribution in [3.8, 4) is 0 Å². The predicted octanol–water partition coefficient (Wildman–Crippen LogP) is 3.33. The van der Waals surface area contributed by atoms with Crippen molar-refractivity contribution in [2.75, 3.05) is 0 Å². The molecule has 3 rings (SSSR count). The van der Waals surface area contributed by atoms with Crippen molar-refractivity contribution in [2.45, 2.75) is 38.1 Å². The number of para-hydroxylation sites is 1. The third kappa shape index (κ3) is 4.14. The highest BCUT2D eigenvalue weighted by molar-refractivity contribution is 5.85. The van der Waals surface area contributed by atoms with Crippen LogP contribution in [0, 0.1) is 0 Å². The highest BCUT2D eigenvalue weighted by Crippen LogP contribution is 2.14. The first kappa shape index (κ1) is 13.7. The molecule has 1 aliphatic rings. The summed E-state index contributed by atoms with van der Waals surface area (Å²) in [4.78, 5) is 14.5.